The van der Waals surface area contributed by atoms with E-state index in [0.717, 1.165) is 5.56 Å². The fourth-order valence-electron chi connectivity index (χ4n) is 1.06. The second-order valence-electron chi connectivity index (χ2n) is 2.82. The normalized spacial score (nSPS) is 9.50. The summed E-state index contributed by atoms with van der Waals surface area (Å²) in [5.74, 6) is -0.268. The van der Waals surface area contributed by atoms with Crippen molar-refractivity contribution < 1.29 is 4.79 Å². The SMILES string of the molecule is N=C(S)NC(=O)Cc1cccc(N)c1. The van der Waals surface area contributed by atoms with Crippen LogP contribution in [-0.4, -0.2) is 11.1 Å². The molecule has 0 bridgehead atoms. The molecular weight excluding hydrogens is 198 g/mol. The lowest BCUT2D eigenvalue weighted by atomic mass is 10.1. The Morgan fingerprint density at radius 1 is 1.57 bits per heavy atom. The van der Waals surface area contributed by atoms with Gasteiger partial charge in [0.2, 0.25) is 5.91 Å². The Hall–Kier alpha value is -1.49. The minimum Gasteiger partial charge on any atom is -0.399 e. The van der Waals surface area contributed by atoms with Crippen molar-refractivity contribution in [3.63, 3.8) is 0 Å². The largest absolute Gasteiger partial charge is 0.399 e. The summed E-state index contributed by atoms with van der Waals surface area (Å²) in [6.07, 6.45) is 0.202. The van der Waals surface area contributed by atoms with E-state index in [1.807, 2.05) is 0 Å². The number of carbonyl (C=O) groups excluding carboxylic acids is 1. The molecule has 0 unspecified atom stereocenters. The summed E-state index contributed by atoms with van der Waals surface area (Å²) in [6.45, 7) is 0. The number of thiol groups is 1. The lowest BCUT2D eigenvalue weighted by molar-refractivity contribution is -0.119. The Balaban J connectivity index is 2.60. The number of carbonyl (C=O) groups is 1. The van der Waals surface area contributed by atoms with Gasteiger partial charge in [-0.3, -0.25) is 10.2 Å². The van der Waals surface area contributed by atoms with Crippen LogP contribution < -0.4 is 11.1 Å². The fourth-order valence-corrected chi connectivity index (χ4v) is 1.19. The van der Waals surface area contributed by atoms with E-state index in [1.54, 1.807) is 24.3 Å². The van der Waals surface area contributed by atoms with Crippen molar-refractivity contribution in [2.75, 3.05) is 5.73 Å². The van der Waals surface area contributed by atoms with Crippen molar-refractivity contribution >= 4 is 29.4 Å². The maximum atomic E-state index is 11.2. The molecule has 74 valence electrons. The number of amidine groups is 1. The van der Waals surface area contributed by atoms with E-state index < -0.39 is 0 Å². The van der Waals surface area contributed by atoms with Gasteiger partial charge >= 0.3 is 0 Å². The van der Waals surface area contributed by atoms with Gasteiger partial charge in [0.15, 0.2) is 5.17 Å². The number of amides is 1. The highest BCUT2D eigenvalue weighted by atomic mass is 32.1. The van der Waals surface area contributed by atoms with Gasteiger partial charge in [0.25, 0.3) is 0 Å². The molecule has 0 aliphatic carbocycles. The predicted octanol–water partition coefficient (Wildman–Crippen LogP) is 0.792. The van der Waals surface area contributed by atoms with Crippen LogP contribution in [0.5, 0.6) is 0 Å². The molecule has 0 spiro atoms. The number of hydrogen-bond donors (Lipinski definition) is 4. The zero-order chi connectivity index (χ0) is 10.6. The van der Waals surface area contributed by atoms with Crippen molar-refractivity contribution in [1.29, 1.82) is 5.41 Å². The molecule has 1 aromatic rings. The zero-order valence-electron chi connectivity index (χ0n) is 7.45. The third-order valence-corrected chi connectivity index (χ3v) is 1.69. The van der Waals surface area contributed by atoms with Crippen LogP contribution in [0, 0.1) is 5.41 Å². The average Bonchev–Trinajstić information content (AvgIpc) is 2.01. The highest BCUT2D eigenvalue weighted by Gasteiger charge is 2.03. The van der Waals surface area contributed by atoms with Gasteiger partial charge in [-0.25, -0.2) is 0 Å². The van der Waals surface area contributed by atoms with Crippen molar-refractivity contribution in [1.82, 2.24) is 5.32 Å². The molecule has 0 heterocycles. The molecule has 14 heavy (non-hydrogen) atoms. The van der Waals surface area contributed by atoms with E-state index in [0.29, 0.717) is 5.69 Å². The quantitative estimate of drug-likeness (QED) is 0.251. The van der Waals surface area contributed by atoms with Crippen LogP contribution in [0.1, 0.15) is 5.56 Å². The van der Waals surface area contributed by atoms with E-state index in [9.17, 15) is 4.79 Å². The van der Waals surface area contributed by atoms with Crippen LogP contribution in [0.3, 0.4) is 0 Å². The van der Waals surface area contributed by atoms with Gasteiger partial charge < -0.3 is 11.1 Å². The minimum absolute atomic E-state index is 0.154. The van der Waals surface area contributed by atoms with Crippen LogP contribution in [0.25, 0.3) is 0 Å². The molecule has 5 heteroatoms. The third kappa shape index (κ3) is 3.49. The number of nitrogens with one attached hydrogen (secondary N) is 2. The smallest absolute Gasteiger partial charge is 0.230 e. The Bertz CT molecular complexity index is 365. The van der Waals surface area contributed by atoms with Gasteiger partial charge in [0.05, 0.1) is 6.42 Å². The molecule has 0 aromatic heterocycles. The molecule has 1 aromatic carbocycles. The van der Waals surface area contributed by atoms with Crippen LogP contribution in [-0.2, 0) is 11.2 Å². The summed E-state index contributed by atoms with van der Waals surface area (Å²) in [4.78, 5) is 11.2. The molecule has 4 N–H and O–H groups in total. The summed E-state index contributed by atoms with van der Waals surface area (Å²) in [6, 6.07) is 7.06. The zero-order valence-corrected chi connectivity index (χ0v) is 8.34. The van der Waals surface area contributed by atoms with Crippen LogP contribution in [0.4, 0.5) is 5.69 Å². The van der Waals surface area contributed by atoms with Crippen molar-refractivity contribution in [2.24, 2.45) is 0 Å². The van der Waals surface area contributed by atoms with E-state index in [1.165, 1.54) is 0 Å². The summed E-state index contributed by atoms with van der Waals surface area (Å²) < 4.78 is 0. The van der Waals surface area contributed by atoms with Gasteiger partial charge in [-0.15, -0.1) is 12.6 Å². The number of rotatable bonds is 2. The van der Waals surface area contributed by atoms with Gasteiger partial charge in [-0.05, 0) is 17.7 Å². The van der Waals surface area contributed by atoms with Crippen LogP contribution in [0.2, 0.25) is 0 Å². The lowest BCUT2D eigenvalue weighted by Crippen LogP contribution is -2.27. The summed E-state index contributed by atoms with van der Waals surface area (Å²) in [5.41, 5.74) is 6.98. The molecule has 1 amide bonds. The maximum absolute atomic E-state index is 11.2. The van der Waals surface area contributed by atoms with E-state index in [-0.39, 0.29) is 17.5 Å². The summed E-state index contributed by atoms with van der Waals surface area (Å²) >= 11 is 3.65. The molecule has 0 aliphatic rings. The van der Waals surface area contributed by atoms with E-state index >= 15 is 0 Å². The molecule has 0 saturated carbocycles. The number of nitrogens with two attached hydrogens (primary N) is 1. The lowest BCUT2D eigenvalue weighted by Gasteiger charge is -2.02. The number of hydrogen-bond acceptors (Lipinski definition) is 3. The highest BCUT2D eigenvalue weighted by Crippen LogP contribution is 2.06. The van der Waals surface area contributed by atoms with Crippen molar-refractivity contribution in [2.45, 2.75) is 6.42 Å². The van der Waals surface area contributed by atoms with E-state index in [4.69, 9.17) is 11.1 Å². The van der Waals surface area contributed by atoms with Crippen LogP contribution in [0.15, 0.2) is 24.3 Å². The maximum Gasteiger partial charge on any atom is 0.230 e. The van der Waals surface area contributed by atoms with Crippen molar-refractivity contribution in [3.05, 3.63) is 29.8 Å². The number of anilines is 1. The molecule has 1 rings (SSSR count). The van der Waals surface area contributed by atoms with Gasteiger partial charge in [-0.2, -0.15) is 0 Å². The Morgan fingerprint density at radius 3 is 2.86 bits per heavy atom. The first-order valence-corrected chi connectivity index (χ1v) is 4.44. The summed E-state index contributed by atoms with van der Waals surface area (Å²) in [7, 11) is 0. The number of benzene rings is 1. The molecule has 4 nitrogen and oxygen atoms in total. The Kier molecular flexibility index (Phi) is 3.53. The molecule has 0 saturated heterocycles. The average molecular weight is 209 g/mol. The third-order valence-electron chi connectivity index (χ3n) is 1.57. The number of nitrogen functional groups attached to an aromatic ring is 1. The summed E-state index contributed by atoms with van der Waals surface area (Å²) in [5, 5.41) is 9.07. The molecule has 0 aliphatic heterocycles. The molecule has 0 atom stereocenters. The standard InChI is InChI=1S/C9H11N3OS/c10-7-3-1-2-6(4-7)5-8(13)12-9(11)14/h1-4H,5,10H2,(H3,11,12,13,14). The van der Waals surface area contributed by atoms with E-state index in [2.05, 4.69) is 17.9 Å². The van der Waals surface area contributed by atoms with Crippen LogP contribution >= 0.6 is 12.6 Å². The molecule has 0 fully saturated rings. The first-order chi connectivity index (χ1) is 6.58. The second kappa shape index (κ2) is 4.66. The Morgan fingerprint density at radius 2 is 2.29 bits per heavy atom. The molecular formula is C9H11N3OS. The van der Waals surface area contributed by atoms with Crippen molar-refractivity contribution in [3.8, 4) is 0 Å². The first-order valence-electron chi connectivity index (χ1n) is 3.99. The topological polar surface area (TPSA) is 79.0 Å². The minimum atomic E-state index is -0.268. The second-order valence-corrected chi connectivity index (χ2v) is 3.27. The fraction of sp³-hybridized carbons (Fsp3) is 0.111. The predicted molar refractivity (Wildman–Crippen MR) is 59.4 cm³/mol. The first kappa shape index (κ1) is 10.6. The van der Waals surface area contributed by atoms with Gasteiger partial charge in [-0.1, -0.05) is 12.1 Å². The Labute approximate surface area is 87.4 Å². The monoisotopic (exact) mass is 209 g/mol. The molecule has 0 radical (unpaired) electrons. The van der Waals surface area contributed by atoms with Gasteiger partial charge in [0, 0.05) is 5.69 Å². The highest BCUT2D eigenvalue weighted by molar-refractivity contribution is 7.96. The van der Waals surface area contributed by atoms with Gasteiger partial charge in [0.1, 0.15) is 0 Å².